The quantitative estimate of drug-likeness (QED) is 0.0156. The first-order chi connectivity index (χ1) is 34.6. The molecular weight excluding hydrogens is 967 g/mol. The van der Waals surface area contributed by atoms with E-state index in [0.717, 1.165) is 11.1 Å². The van der Waals surface area contributed by atoms with Crippen molar-refractivity contribution in [3.63, 3.8) is 0 Å². The summed E-state index contributed by atoms with van der Waals surface area (Å²) in [7, 11) is 2.91. The van der Waals surface area contributed by atoms with Gasteiger partial charge in [-0.05, 0) is 110 Å². The van der Waals surface area contributed by atoms with E-state index < -0.39 is 83.6 Å². The molecule has 0 heterocycles. The number of hydrogen-bond donors (Lipinski definition) is 3. The topological polar surface area (TPSA) is 216 Å². The number of ether oxygens (including phenoxy) is 4. The van der Waals surface area contributed by atoms with Crippen molar-refractivity contribution in [1.29, 1.82) is 0 Å². The number of hydrogen-bond acceptors (Lipinski definition) is 13. The average molecular weight is 1060 g/mol. The fourth-order valence-electron chi connectivity index (χ4n) is 7.94. The van der Waals surface area contributed by atoms with Gasteiger partial charge >= 0.3 is 18.0 Å². The van der Waals surface area contributed by atoms with E-state index in [2.05, 4.69) is 16.0 Å². The number of nitrogens with one attached hydrogen (secondary N) is 3. The Kier molecular flexibility index (Phi) is 30.4. The number of esters is 2. The molecule has 18 heteroatoms. The molecule has 3 N–H and O–H groups in total. The molecule has 0 aliphatic heterocycles. The molecule has 0 saturated heterocycles. The summed E-state index contributed by atoms with van der Waals surface area (Å²) in [5.74, 6) is -4.21. The zero-order valence-electron chi connectivity index (χ0n) is 47.6. The van der Waals surface area contributed by atoms with Crippen LogP contribution in [0.2, 0.25) is 0 Å². The van der Waals surface area contributed by atoms with Gasteiger partial charge in [-0.2, -0.15) is 0 Å². The van der Waals surface area contributed by atoms with Gasteiger partial charge < -0.3 is 44.7 Å². The molecule has 0 aliphatic carbocycles. The van der Waals surface area contributed by atoms with Crippen LogP contribution in [-0.2, 0) is 58.9 Å². The van der Waals surface area contributed by atoms with Gasteiger partial charge in [0.25, 0.3) is 5.91 Å². The number of alkyl carbamates (subject to hydrolysis) is 1. The Labute approximate surface area is 446 Å². The van der Waals surface area contributed by atoms with Crippen LogP contribution >= 0.6 is 11.8 Å². The number of nitrogens with zero attached hydrogens (tertiary/aromatic N) is 2. The molecule has 0 aromatic heterocycles. The highest BCUT2D eigenvalue weighted by molar-refractivity contribution is 7.98. The molecule has 1 aromatic rings. The van der Waals surface area contributed by atoms with Gasteiger partial charge in [0, 0.05) is 38.6 Å². The van der Waals surface area contributed by atoms with Crippen molar-refractivity contribution in [2.24, 2.45) is 23.7 Å². The number of carbonyl (C=O) groups is 8. The van der Waals surface area contributed by atoms with Crippen molar-refractivity contribution in [2.45, 2.75) is 184 Å². The van der Waals surface area contributed by atoms with Gasteiger partial charge in [-0.1, -0.05) is 96.9 Å². The number of allylic oxidation sites excluding steroid dienone is 1. The van der Waals surface area contributed by atoms with E-state index in [1.54, 1.807) is 33.8 Å². The average Bonchev–Trinajstić information content (AvgIpc) is 3.33. The summed E-state index contributed by atoms with van der Waals surface area (Å²) in [6.07, 6.45) is 5.70. The van der Waals surface area contributed by atoms with Gasteiger partial charge in [-0.25, -0.2) is 9.59 Å². The smallest absolute Gasteiger partial charge is 0.407 e. The molecule has 5 amide bonds. The minimum absolute atomic E-state index is 0.0865. The fourth-order valence-corrected chi connectivity index (χ4v) is 8.25. The normalized spacial score (nSPS) is 15.7. The predicted molar refractivity (Wildman–Crippen MR) is 291 cm³/mol. The summed E-state index contributed by atoms with van der Waals surface area (Å²) in [4.78, 5) is 109. The minimum Gasteiger partial charge on any atom is -0.457 e. The van der Waals surface area contributed by atoms with Gasteiger partial charge in [-0.3, -0.25) is 28.8 Å². The first-order valence-electron chi connectivity index (χ1n) is 26.0. The molecule has 1 unspecified atom stereocenters. The third-order valence-corrected chi connectivity index (χ3v) is 13.1. The lowest BCUT2D eigenvalue weighted by atomic mass is 9.90. The SMILES string of the molecule is C/C=C(\C)[C@@H](OC(=O)[C@H](C)CCCCNC(=O)OC(C)(C)C)[C@@H](C)[C@H](C/C=C(\C)C(=O)O[C@H](CC(C)C)C(=O)N[C@@H](C)C(=O)N(C)[C@H](Cc1ccccc1)C(=O)N(C)CC(=O)N[C@H](C(C)=O)C(C)CC)OCSC. The Balaban J connectivity index is 3.21. The molecule has 0 radical (unpaired) electrons. The number of amides is 5. The number of unbranched alkanes of at least 4 members (excludes halogenated alkanes) is 1. The molecule has 1 aromatic carbocycles. The summed E-state index contributed by atoms with van der Waals surface area (Å²) in [6, 6.07) is 6.16. The molecule has 0 saturated carbocycles. The third-order valence-electron chi connectivity index (χ3n) is 12.8. The van der Waals surface area contributed by atoms with Crippen LogP contribution in [0.15, 0.2) is 53.6 Å². The van der Waals surface area contributed by atoms with Crippen molar-refractivity contribution in [2.75, 3.05) is 39.4 Å². The Morgan fingerprint density at radius 3 is 2.04 bits per heavy atom. The highest BCUT2D eigenvalue weighted by atomic mass is 32.2. The molecule has 0 fully saturated rings. The molecule has 17 nitrogen and oxygen atoms in total. The van der Waals surface area contributed by atoms with E-state index in [-0.39, 0.29) is 60.9 Å². The summed E-state index contributed by atoms with van der Waals surface area (Å²) in [5.41, 5.74) is 1.23. The lowest BCUT2D eigenvalue weighted by Gasteiger charge is -2.33. The maximum absolute atomic E-state index is 14.1. The zero-order valence-corrected chi connectivity index (χ0v) is 48.4. The van der Waals surface area contributed by atoms with Crippen molar-refractivity contribution in [1.82, 2.24) is 25.8 Å². The fraction of sp³-hybridized carbons (Fsp3) is 0.679. The van der Waals surface area contributed by atoms with Crippen LogP contribution in [0.3, 0.4) is 0 Å². The van der Waals surface area contributed by atoms with Crippen LogP contribution in [0.5, 0.6) is 0 Å². The van der Waals surface area contributed by atoms with Crippen molar-refractivity contribution in [3.05, 3.63) is 59.2 Å². The van der Waals surface area contributed by atoms with E-state index in [1.165, 1.54) is 49.5 Å². The Morgan fingerprint density at radius 2 is 1.49 bits per heavy atom. The second-order valence-electron chi connectivity index (χ2n) is 21.0. The van der Waals surface area contributed by atoms with E-state index in [9.17, 15) is 38.4 Å². The molecule has 0 aliphatic rings. The second-order valence-corrected chi connectivity index (χ2v) is 21.8. The van der Waals surface area contributed by atoms with E-state index in [1.807, 2.05) is 98.1 Å². The van der Waals surface area contributed by atoms with Crippen LogP contribution in [0, 0.1) is 23.7 Å². The van der Waals surface area contributed by atoms with Crippen molar-refractivity contribution < 1.29 is 57.3 Å². The second kappa shape index (κ2) is 33.6. The molecular formula is C56H91N5O12S. The van der Waals surface area contributed by atoms with Crippen LogP contribution in [0.1, 0.15) is 141 Å². The van der Waals surface area contributed by atoms with E-state index in [0.29, 0.717) is 38.2 Å². The van der Waals surface area contributed by atoms with Gasteiger partial charge in [0.15, 0.2) is 11.9 Å². The molecule has 1 rings (SSSR count). The minimum atomic E-state index is -1.26. The Morgan fingerprint density at radius 1 is 0.851 bits per heavy atom. The lowest BCUT2D eigenvalue weighted by Crippen LogP contribution is -2.56. The number of Topliss-reactive ketones (excluding diaryl/α,β-unsaturated/α-hetero) is 1. The van der Waals surface area contributed by atoms with Crippen LogP contribution < -0.4 is 16.0 Å². The van der Waals surface area contributed by atoms with Gasteiger partial charge in [0.05, 0.1) is 30.5 Å². The van der Waals surface area contributed by atoms with Crippen molar-refractivity contribution >= 4 is 59.2 Å². The standard InChI is InChI=1S/C56H91N5O12S/c1-18-36(5)48(42(11)62)59-47(63)33-60(15)52(66)44(32-43-26-21-20-22-27-43)61(16)51(65)41(10)58-50(64)46(31-35(3)4)71-53(67)39(8)28-29-45(70-34-74-17)40(9)49(37(6)19-2)72-54(68)38(7)25-23-24-30-57-55(69)73-56(12,13)14/h19-22,26-28,35-36,38,40-41,44-46,48-49H,18,23-25,29-34H2,1-17H3,(H,57,69)(H,58,64)(H,59,63)/b37-19+,39-28+/t36?,38-,40+,41+,44-,45+,46-,48+,49-/m1/s1. The number of likely N-dealkylation sites (N-methyl/N-ethyl adjacent to an activating group) is 2. The first kappa shape index (κ1) is 66.8. The highest BCUT2D eigenvalue weighted by Crippen LogP contribution is 2.27. The molecule has 0 spiro atoms. The van der Waals surface area contributed by atoms with Crippen LogP contribution in [0.4, 0.5) is 4.79 Å². The molecule has 74 heavy (non-hydrogen) atoms. The monoisotopic (exact) mass is 1060 g/mol. The number of benzene rings is 1. The molecule has 9 atom stereocenters. The molecule has 418 valence electrons. The van der Waals surface area contributed by atoms with Gasteiger partial charge in [0.2, 0.25) is 17.7 Å². The Hall–Kier alpha value is -5.23. The largest absolute Gasteiger partial charge is 0.457 e. The third kappa shape index (κ3) is 24.4. The van der Waals surface area contributed by atoms with Crippen LogP contribution in [0.25, 0.3) is 0 Å². The number of rotatable bonds is 32. The summed E-state index contributed by atoms with van der Waals surface area (Å²) in [6.45, 7) is 25.0. The maximum atomic E-state index is 14.1. The Bertz CT molecular complexity index is 2040. The lowest BCUT2D eigenvalue weighted by molar-refractivity contribution is -0.156. The summed E-state index contributed by atoms with van der Waals surface area (Å²) >= 11 is 1.48. The maximum Gasteiger partial charge on any atom is 0.407 e. The first-order valence-corrected chi connectivity index (χ1v) is 27.4. The summed E-state index contributed by atoms with van der Waals surface area (Å²) < 4.78 is 23.6. The number of thioether (sulfide) groups is 1. The number of carbonyl (C=O) groups excluding carboxylic acids is 8. The summed E-state index contributed by atoms with van der Waals surface area (Å²) in [5, 5.41) is 8.20. The van der Waals surface area contributed by atoms with Gasteiger partial charge in [0.1, 0.15) is 23.8 Å². The highest BCUT2D eigenvalue weighted by Gasteiger charge is 2.36. The van der Waals surface area contributed by atoms with E-state index >= 15 is 0 Å². The number of ketones is 1. The van der Waals surface area contributed by atoms with Gasteiger partial charge in [-0.15, -0.1) is 11.8 Å². The molecule has 0 bridgehead atoms. The predicted octanol–water partition coefficient (Wildman–Crippen LogP) is 7.98. The zero-order chi connectivity index (χ0) is 56.5. The van der Waals surface area contributed by atoms with Crippen molar-refractivity contribution in [3.8, 4) is 0 Å². The van der Waals surface area contributed by atoms with E-state index in [4.69, 9.17) is 18.9 Å². The van der Waals surface area contributed by atoms with Crippen LogP contribution in [-0.4, -0.2) is 139 Å².